The van der Waals surface area contributed by atoms with Crippen molar-refractivity contribution in [2.24, 2.45) is 5.92 Å². The molecule has 0 saturated carbocycles. The molecule has 17 heavy (non-hydrogen) atoms. The maximum Gasteiger partial charge on any atom is 0.308 e. The number of hydrogen-bond acceptors (Lipinski definition) is 4. The van der Waals surface area contributed by atoms with Crippen LogP contribution in [0.15, 0.2) is 6.20 Å². The van der Waals surface area contributed by atoms with Gasteiger partial charge in [0.1, 0.15) is 0 Å². The molecule has 1 aliphatic rings. The zero-order chi connectivity index (χ0) is 12.4. The Morgan fingerprint density at radius 2 is 2.47 bits per heavy atom. The third kappa shape index (κ3) is 2.82. The van der Waals surface area contributed by atoms with E-state index in [-0.39, 0.29) is 5.91 Å². The van der Waals surface area contributed by atoms with Crippen molar-refractivity contribution in [3.63, 3.8) is 0 Å². The summed E-state index contributed by atoms with van der Waals surface area (Å²) in [6.07, 6.45) is 2.53. The van der Waals surface area contributed by atoms with E-state index < -0.39 is 11.9 Å². The SMILES string of the molecule is Cc1ncc(CN2CC(C(=O)O)CCC2=O)s1. The van der Waals surface area contributed by atoms with Crippen molar-refractivity contribution in [3.8, 4) is 0 Å². The number of rotatable bonds is 3. The number of hydrogen-bond donors (Lipinski definition) is 1. The zero-order valence-electron chi connectivity index (χ0n) is 9.55. The fourth-order valence-electron chi connectivity index (χ4n) is 1.94. The molecule has 1 atom stereocenters. The molecule has 1 aromatic rings. The lowest BCUT2D eigenvalue weighted by molar-refractivity contribution is -0.147. The number of carboxylic acid groups (broad SMARTS) is 1. The molecule has 1 aromatic heterocycles. The highest BCUT2D eigenvalue weighted by Gasteiger charge is 2.30. The van der Waals surface area contributed by atoms with Crippen LogP contribution in [0, 0.1) is 12.8 Å². The standard InChI is InChI=1S/C11H14N2O3S/c1-7-12-4-9(17-7)6-13-5-8(11(15)16)2-3-10(13)14/h4,8H,2-3,5-6H2,1H3,(H,15,16). The Morgan fingerprint density at radius 3 is 3.06 bits per heavy atom. The van der Waals surface area contributed by atoms with Crippen LogP contribution in [0.5, 0.6) is 0 Å². The Labute approximate surface area is 103 Å². The number of aromatic nitrogens is 1. The van der Waals surface area contributed by atoms with Crippen LogP contribution in [0.4, 0.5) is 0 Å². The van der Waals surface area contributed by atoms with Gasteiger partial charge in [-0.2, -0.15) is 0 Å². The summed E-state index contributed by atoms with van der Waals surface area (Å²) in [5.41, 5.74) is 0. The number of nitrogens with zero attached hydrogens (tertiary/aromatic N) is 2. The molecular weight excluding hydrogens is 240 g/mol. The van der Waals surface area contributed by atoms with Gasteiger partial charge in [-0.1, -0.05) is 0 Å². The third-order valence-corrected chi connectivity index (χ3v) is 3.76. The monoisotopic (exact) mass is 254 g/mol. The molecule has 92 valence electrons. The second kappa shape index (κ2) is 4.83. The summed E-state index contributed by atoms with van der Waals surface area (Å²) >= 11 is 1.54. The second-order valence-electron chi connectivity index (χ2n) is 4.19. The predicted octanol–water partition coefficient (Wildman–Crippen LogP) is 1.27. The van der Waals surface area contributed by atoms with Gasteiger partial charge in [0, 0.05) is 24.0 Å². The van der Waals surface area contributed by atoms with Crippen molar-refractivity contribution >= 4 is 23.2 Å². The van der Waals surface area contributed by atoms with Crippen LogP contribution in [-0.2, 0) is 16.1 Å². The minimum absolute atomic E-state index is 0.0357. The van der Waals surface area contributed by atoms with Crippen molar-refractivity contribution < 1.29 is 14.7 Å². The molecule has 0 spiro atoms. The first kappa shape index (κ1) is 12.0. The van der Waals surface area contributed by atoms with E-state index in [2.05, 4.69) is 4.98 Å². The van der Waals surface area contributed by atoms with Gasteiger partial charge in [0.25, 0.3) is 0 Å². The fraction of sp³-hybridized carbons (Fsp3) is 0.545. The highest BCUT2D eigenvalue weighted by atomic mass is 32.1. The maximum atomic E-state index is 11.7. The molecule has 1 saturated heterocycles. The summed E-state index contributed by atoms with van der Waals surface area (Å²) in [6, 6.07) is 0. The first-order valence-electron chi connectivity index (χ1n) is 5.48. The van der Waals surface area contributed by atoms with E-state index >= 15 is 0 Å². The Hall–Kier alpha value is -1.43. The van der Waals surface area contributed by atoms with Gasteiger partial charge in [-0.25, -0.2) is 4.98 Å². The van der Waals surface area contributed by atoms with Crippen molar-refractivity contribution in [3.05, 3.63) is 16.1 Å². The molecule has 5 nitrogen and oxygen atoms in total. The smallest absolute Gasteiger partial charge is 0.308 e. The number of carbonyl (C=O) groups is 2. The van der Waals surface area contributed by atoms with Gasteiger partial charge in [0.2, 0.25) is 5.91 Å². The van der Waals surface area contributed by atoms with E-state index in [9.17, 15) is 9.59 Å². The topological polar surface area (TPSA) is 70.5 Å². The summed E-state index contributed by atoms with van der Waals surface area (Å²) in [5.74, 6) is -1.21. The number of aryl methyl sites for hydroxylation is 1. The molecule has 1 aliphatic heterocycles. The Balaban J connectivity index is 2.03. The van der Waals surface area contributed by atoms with E-state index in [4.69, 9.17) is 5.11 Å². The van der Waals surface area contributed by atoms with Crippen LogP contribution in [0.25, 0.3) is 0 Å². The number of thiazole rings is 1. The lowest BCUT2D eigenvalue weighted by Crippen LogP contribution is -2.41. The van der Waals surface area contributed by atoms with Crippen molar-refractivity contribution in [2.75, 3.05) is 6.54 Å². The van der Waals surface area contributed by atoms with E-state index in [0.29, 0.717) is 25.9 Å². The average molecular weight is 254 g/mol. The van der Waals surface area contributed by atoms with Crippen LogP contribution in [0.1, 0.15) is 22.7 Å². The van der Waals surface area contributed by atoms with Crippen LogP contribution in [0.2, 0.25) is 0 Å². The van der Waals surface area contributed by atoms with Crippen molar-refractivity contribution in [2.45, 2.75) is 26.3 Å². The molecule has 2 rings (SSSR count). The summed E-state index contributed by atoms with van der Waals surface area (Å²) in [6.45, 7) is 2.70. The van der Waals surface area contributed by atoms with Crippen molar-refractivity contribution in [1.82, 2.24) is 9.88 Å². The maximum absolute atomic E-state index is 11.7. The van der Waals surface area contributed by atoms with E-state index in [1.165, 1.54) is 0 Å². The Morgan fingerprint density at radius 1 is 1.71 bits per heavy atom. The molecule has 6 heteroatoms. The van der Waals surface area contributed by atoms with Crippen molar-refractivity contribution in [1.29, 1.82) is 0 Å². The lowest BCUT2D eigenvalue weighted by Gasteiger charge is -2.30. The van der Waals surface area contributed by atoms with Crippen LogP contribution in [-0.4, -0.2) is 33.4 Å². The number of piperidine rings is 1. The van der Waals surface area contributed by atoms with Gasteiger partial charge in [-0.05, 0) is 13.3 Å². The Bertz CT molecular complexity index is 444. The number of likely N-dealkylation sites (tertiary alicyclic amines) is 1. The summed E-state index contributed by atoms with van der Waals surface area (Å²) in [4.78, 5) is 29.4. The van der Waals surface area contributed by atoms with Gasteiger partial charge in [0.15, 0.2) is 0 Å². The van der Waals surface area contributed by atoms with Gasteiger partial charge < -0.3 is 10.0 Å². The fourth-order valence-corrected chi connectivity index (χ4v) is 2.75. The predicted molar refractivity (Wildman–Crippen MR) is 62.6 cm³/mol. The molecule has 0 aromatic carbocycles. The van der Waals surface area contributed by atoms with E-state index in [0.717, 1.165) is 9.88 Å². The minimum atomic E-state index is -0.817. The normalized spacial score (nSPS) is 20.6. The molecule has 1 fully saturated rings. The van der Waals surface area contributed by atoms with Crippen LogP contribution < -0.4 is 0 Å². The van der Waals surface area contributed by atoms with Gasteiger partial charge >= 0.3 is 5.97 Å². The first-order valence-corrected chi connectivity index (χ1v) is 6.30. The quantitative estimate of drug-likeness (QED) is 0.882. The third-order valence-electron chi connectivity index (χ3n) is 2.87. The highest BCUT2D eigenvalue weighted by molar-refractivity contribution is 7.11. The minimum Gasteiger partial charge on any atom is -0.481 e. The largest absolute Gasteiger partial charge is 0.481 e. The van der Waals surface area contributed by atoms with Gasteiger partial charge in [-0.15, -0.1) is 11.3 Å². The van der Waals surface area contributed by atoms with Crippen LogP contribution in [0.3, 0.4) is 0 Å². The molecular formula is C11H14N2O3S. The van der Waals surface area contributed by atoms with E-state index in [1.807, 2.05) is 6.92 Å². The molecule has 1 amide bonds. The second-order valence-corrected chi connectivity index (χ2v) is 5.51. The summed E-state index contributed by atoms with van der Waals surface area (Å²) in [5, 5.41) is 9.92. The zero-order valence-corrected chi connectivity index (χ0v) is 10.4. The van der Waals surface area contributed by atoms with Gasteiger partial charge in [-0.3, -0.25) is 9.59 Å². The van der Waals surface area contributed by atoms with E-state index in [1.54, 1.807) is 22.4 Å². The lowest BCUT2D eigenvalue weighted by atomic mass is 9.98. The molecule has 0 radical (unpaired) electrons. The first-order chi connectivity index (χ1) is 8.06. The number of carbonyl (C=O) groups excluding carboxylic acids is 1. The molecule has 1 N–H and O–H groups in total. The highest BCUT2D eigenvalue weighted by Crippen LogP contribution is 2.21. The van der Waals surface area contributed by atoms with Crippen LogP contribution >= 0.6 is 11.3 Å². The molecule has 0 aliphatic carbocycles. The molecule has 0 bridgehead atoms. The summed E-state index contributed by atoms with van der Waals surface area (Å²) < 4.78 is 0. The number of carboxylic acids is 1. The molecule has 1 unspecified atom stereocenters. The van der Waals surface area contributed by atoms with Gasteiger partial charge in [0.05, 0.1) is 17.5 Å². The average Bonchev–Trinajstić information content (AvgIpc) is 2.67. The molecule has 2 heterocycles. The number of amides is 1. The Kier molecular flexibility index (Phi) is 3.42. The summed E-state index contributed by atoms with van der Waals surface area (Å²) in [7, 11) is 0. The number of aliphatic carboxylic acids is 1.